The molecule has 0 saturated heterocycles. The lowest BCUT2D eigenvalue weighted by Crippen LogP contribution is -2.43. The van der Waals surface area contributed by atoms with Crippen LogP contribution in [0.1, 0.15) is 27.7 Å². The molecule has 0 radical (unpaired) electrons. The summed E-state index contributed by atoms with van der Waals surface area (Å²) in [5.74, 6) is 1.09. The first-order chi connectivity index (χ1) is 4.61. The highest BCUT2D eigenvalue weighted by Gasteiger charge is 2.19. The number of nitrogens with zero attached hydrogens (tertiary/aromatic N) is 2. The fourth-order valence-electron chi connectivity index (χ4n) is 1.19. The summed E-state index contributed by atoms with van der Waals surface area (Å²) in [6.45, 7) is 8.36. The van der Waals surface area contributed by atoms with Gasteiger partial charge in [0.05, 0.1) is 0 Å². The van der Waals surface area contributed by atoms with Crippen molar-refractivity contribution in [2.75, 3.05) is 0 Å². The number of nitrogens with one attached hydrogen (secondary N) is 1. The maximum Gasteiger partial charge on any atom is 0.116 e. The van der Waals surface area contributed by atoms with E-state index in [2.05, 4.69) is 29.3 Å². The third-order valence-electron chi connectivity index (χ3n) is 1.57. The van der Waals surface area contributed by atoms with Gasteiger partial charge in [-0.05, 0) is 27.7 Å². The van der Waals surface area contributed by atoms with E-state index in [4.69, 9.17) is 0 Å². The molecule has 10 heavy (non-hydrogen) atoms. The van der Waals surface area contributed by atoms with Crippen LogP contribution in [-0.2, 0) is 0 Å². The fourth-order valence-corrected chi connectivity index (χ4v) is 1.19. The van der Waals surface area contributed by atoms with Crippen LogP contribution in [0.4, 0.5) is 0 Å². The minimum Gasteiger partial charge on any atom is -0.292 e. The SMILES string of the molecule is CC1=NC(C)NN1C(C)C. The van der Waals surface area contributed by atoms with Gasteiger partial charge in [0.25, 0.3) is 0 Å². The second-order valence-corrected chi connectivity index (χ2v) is 2.95. The lowest BCUT2D eigenvalue weighted by atomic mass is 10.4. The van der Waals surface area contributed by atoms with Crippen molar-refractivity contribution in [2.24, 2.45) is 4.99 Å². The molecule has 1 aliphatic rings. The van der Waals surface area contributed by atoms with Crippen LogP contribution in [-0.4, -0.2) is 23.1 Å². The Bertz CT molecular complexity index is 151. The summed E-state index contributed by atoms with van der Waals surface area (Å²) >= 11 is 0. The van der Waals surface area contributed by atoms with E-state index in [-0.39, 0.29) is 6.17 Å². The molecule has 0 aromatic carbocycles. The van der Waals surface area contributed by atoms with Gasteiger partial charge in [-0.2, -0.15) is 0 Å². The van der Waals surface area contributed by atoms with E-state index in [1.165, 1.54) is 0 Å². The molecule has 0 saturated carbocycles. The maximum atomic E-state index is 4.32. The Hall–Kier alpha value is -0.570. The summed E-state index contributed by atoms with van der Waals surface area (Å²) in [5.41, 5.74) is 3.23. The van der Waals surface area contributed by atoms with Gasteiger partial charge in [-0.25, -0.2) is 5.43 Å². The summed E-state index contributed by atoms with van der Waals surface area (Å²) in [5, 5.41) is 2.09. The van der Waals surface area contributed by atoms with E-state index in [0.717, 1.165) is 5.84 Å². The maximum absolute atomic E-state index is 4.32. The van der Waals surface area contributed by atoms with Crippen LogP contribution in [0.15, 0.2) is 4.99 Å². The van der Waals surface area contributed by atoms with Crippen molar-refractivity contribution < 1.29 is 0 Å². The summed E-state index contributed by atoms with van der Waals surface area (Å²) in [4.78, 5) is 4.32. The molecule has 0 aromatic heterocycles. The van der Waals surface area contributed by atoms with Crippen molar-refractivity contribution in [2.45, 2.75) is 39.9 Å². The van der Waals surface area contributed by atoms with E-state index >= 15 is 0 Å². The Morgan fingerprint density at radius 1 is 1.60 bits per heavy atom. The van der Waals surface area contributed by atoms with Crippen LogP contribution in [0.5, 0.6) is 0 Å². The Morgan fingerprint density at radius 3 is 2.40 bits per heavy atom. The molecule has 3 heteroatoms. The Balaban J connectivity index is 2.59. The van der Waals surface area contributed by atoms with Crippen LogP contribution in [0.3, 0.4) is 0 Å². The molecule has 0 amide bonds. The highest BCUT2D eigenvalue weighted by molar-refractivity contribution is 5.80. The molecule has 1 atom stereocenters. The van der Waals surface area contributed by atoms with Gasteiger partial charge >= 0.3 is 0 Å². The second-order valence-electron chi connectivity index (χ2n) is 2.95. The molecule has 58 valence electrons. The minimum absolute atomic E-state index is 0.252. The van der Waals surface area contributed by atoms with Gasteiger partial charge in [0.15, 0.2) is 0 Å². The van der Waals surface area contributed by atoms with Crippen molar-refractivity contribution in [1.82, 2.24) is 10.4 Å². The van der Waals surface area contributed by atoms with E-state index in [0.29, 0.717) is 6.04 Å². The van der Waals surface area contributed by atoms with E-state index in [1.807, 2.05) is 13.8 Å². The van der Waals surface area contributed by atoms with Crippen molar-refractivity contribution in [3.63, 3.8) is 0 Å². The zero-order chi connectivity index (χ0) is 7.72. The van der Waals surface area contributed by atoms with Crippen LogP contribution in [0.25, 0.3) is 0 Å². The van der Waals surface area contributed by atoms with Crippen molar-refractivity contribution in [3.05, 3.63) is 0 Å². The van der Waals surface area contributed by atoms with Gasteiger partial charge in [-0.15, -0.1) is 0 Å². The van der Waals surface area contributed by atoms with E-state index < -0.39 is 0 Å². The van der Waals surface area contributed by atoms with Gasteiger partial charge in [-0.3, -0.25) is 10.0 Å². The quantitative estimate of drug-likeness (QED) is 0.589. The fraction of sp³-hybridized carbons (Fsp3) is 0.857. The number of aliphatic imine (C=N–C) groups is 1. The predicted octanol–water partition coefficient (Wildman–Crippen LogP) is 0.979. The highest BCUT2D eigenvalue weighted by atomic mass is 15.6. The Kier molecular flexibility index (Phi) is 1.94. The summed E-state index contributed by atoms with van der Waals surface area (Å²) in [6.07, 6.45) is 0.252. The summed E-state index contributed by atoms with van der Waals surface area (Å²) in [6, 6.07) is 0.494. The number of hydrogen-bond acceptors (Lipinski definition) is 3. The molecule has 3 nitrogen and oxygen atoms in total. The molecule has 0 aliphatic carbocycles. The van der Waals surface area contributed by atoms with Gasteiger partial charge in [0.1, 0.15) is 12.0 Å². The predicted molar refractivity (Wildman–Crippen MR) is 42.7 cm³/mol. The first-order valence-electron chi connectivity index (χ1n) is 3.71. The zero-order valence-electron chi connectivity index (χ0n) is 7.05. The third kappa shape index (κ3) is 1.29. The third-order valence-corrected chi connectivity index (χ3v) is 1.57. The topological polar surface area (TPSA) is 27.6 Å². The molecule has 0 fully saturated rings. The van der Waals surface area contributed by atoms with Gasteiger partial charge in [0, 0.05) is 6.04 Å². The molecular formula is C7H15N3. The second kappa shape index (κ2) is 2.58. The van der Waals surface area contributed by atoms with E-state index in [1.54, 1.807) is 0 Å². The molecule has 1 heterocycles. The Labute approximate surface area is 62.1 Å². The lowest BCUT2D eigenvalue weighted by molar-refractivity contribution is 0.255. The minimum atomic E-state index is 0.252. The van der Waals surface area contributed by atoms with E-state index in [9.17, 15) is 0 Å². The monoisotopic (exact) mass is 141 g/mol. The molecule has 0 spiro atoms. The number of amidine groups is 1. The summed E-state index contributed by atoms with van der Waals surface area (Å²) < 4.78 is 0. The largest absolute Gasteiger partial charge is 0.292 e. The molecule has 1 rings (SSSR count). The lowest BCUT2D eigenvalue weighted by Gasteiger charge is -2.23. The van der Waals surface area contributed by atoms with Crippen LogP contribution in [0, 0.1) is 0 Å². The van der Waals surface area contributed by atoms with Crippen molar-refractivity contribution >= 4 is 5.84 Å². The average Bonchev–Trinajstić information content (AvgIpc) is 2.10. The summed E-state index contributed by atoms with van der Waals surface area (Å²) in [7, 11) is 0. The van der Waals surface area contributed by atoms with Gasteiger partial charge in [-0.1, -0.05) is 0 Å². The van der Waals surface area contributed by atoms with Crippen molar-refractivity contribution in [3.8, 4) is 0 Å². The zero-order valence-corrected chi connectivity index (χ0v) is 7.05. The molecule has 1 N–H and O–H groups in total. The number of hydrazine groups is 1. The first-order valence-corrected chi connectivity index (χ1v) is 3.71. The van der Waals surface area contributed by atoms with Crippen LogP contribution >= 0.6 is 0 Å². The van der Waals surface area contributed by atoms with Gasteiger partial charge < -0.3 is 0 Å². The number of hydrogen-bond donors (Lipinski definition) is 1. The standard InChI is InChI=1S/C7H15N3/c1-5(2)10-7(4)8-6(3)9-10/h5-6,9H,1-4H3. The van der Waals surface area contributed by atoms with Crippen molar-refractivity contribution in [1.29, 1.82) is 0 Å². The first kappa shape index (κ1) is 7.54. The average molecular weight is 141 g/mol. The highest BCUT2D eigenvalue weighted by Crippen LogP contribution is 2.05. The van der Waals surface area contributed by atoms with Crippen LogP contribution in [0.2, 0.25) is 0 Å². The molecule has 1 unspecified atom stereocenters. The smallest absolute Gasteiger partial charge is 0.116 e. The number of rotatable bonds is 1. The van der Waals surface area contributed by atoms with Gasteiger partial charge in [0.2, 0.25) is 0 Å². The normalized spacial score (nSPS) is 25.9. The van der Waals surface area contributed by atoms with Crippen LogP contribution < -0.4 is 5.43 Å². The molecule has 1 aliphatic heterocycles. The Morgan fingerprint density at radius 2 is 2.20 bits per heavy atom. The molecule has 0 aromatic rings. The molecular weight excluding hydrogens is 126 g/mol. The molecule has 0 bridgehead atoms.